The molecule has 5 nitrogen and oxygen atoms in total. The highest BCUT2D eigenvalue weighted by Crippen LogP contribution is 2.18. The third kappa shape index (κ3) is 3.25. The molecule has 0 saturated heterocycles. The topological polar surface area (TPSA) is 52.7 Å². The van der Waals surface area contributed by atoms with E-state index in [1.165, 1.54) is 5.56 Å². The third-order valence-electron chi connectivity index (χ3n) is 4.10. The minimum atomic E-state index is -0.0568. The number of halogens is 1. The monoisotopic (exact) mass is 394 g/mol. The molecule has 25 heavy (non-hydrogen) atoms. The Bertz CT molecular complexity index is 1090. The van der Waals surface area contributed by atoms with Gasteiger partial charge in [-0.1, -0.05) is 30.3 Å². The van der Waals surface area contributed by atoms with Crippen LogP contribution in [-0.4, -0.2) is 19.3 Å². The molecule has 1 aromatic carbocycles. The molecule has 0 amide bonds. The molecule has 0 bridgehead atoms. The highest BCUT2D eigenvalue weighted by Gasteiger charge is 2.10. The van der Waals surface area contributed by atoms with Gasteiger partial charge in [-0.2, -0.15) is 5.10 Å². The molecule has 4 aromatic rings. The van der Waals surface area contributed by atoms with Crippen molar-refractivity contribution in [1.82, 2.24) is 19.3 Å². The largest absolute Gasteiger partial charge is 0.308 e. The lowest BCUT2D eigenvalue weighted by Gasteiger charge is -2.07. The average molecular weight is 395 g/mol. The first kappa shape index (κ1) is 15.8. The molecule has 0 atom stereocenters. The minimum absolute atomic E-state index is 0.0568. The van der Waals surface area contributed by atoms with Gasteiger partial charge in [0.15, 0.2) is 0 Å². The number of benzene rings is 1. The maximum absolute atomic E-state index is 12.1. The summed E-state index contributed by atoms with van der Waals surface area (Å²) in [5, 5.41) is 5.48. The Morgan fingerprint density at radius 1 is 1.00 bits per heavy atom. The van der Waals surface area contributed by atoms with E-state index in [1.807, 2.05) is 35.1 Å². The van der Waals surface area contributed by atoms with Gasteiger partial charge in [-0.05, 0) is 33.6 Å². The van der Waals surface area contributed by atoms with Crippen molar-refractivity contribution in [2.24, 2.45) is 0 Å². The second kappa shape index (κ2) is 6.64. The van der Waals surface area contributed by atoms with Gasteiger partial charge in [0.1, 0.15) is 0 Å². The van der Waals surface area contributed by atoms with Crippen LogP contribution in [-0.2, 0) is 13.1 Å². The molecule has 0 N–H and O–H groups in total. The van der Waals surface area contributed by atoms with Crippen molar-refractivity contribution in [2.45, 2.75) is 13.1 Å². The molecule has 124 valence electrons. The van der Waals surface area contributed by atoms with E-state index >= 15 is 0 Å². The normalized spacial score (nSPS) is 11.1. The summed E-state index contributed by atoms with van der Waals surface area (Å²) in [6, 6.07) is 15.4. The van der Waals surface area contributed by atoms with E-state index in [1.54, 1.807) is 29.1 Å². The van der Waals surface area contributed by atoms with E-state index in [0.29, 0.717) is 13.1 Å². The van der Waals surface area contributed by atoms with Gasteiger partial charge in [0.05, 0.1) is 30.5 Å². The van der Waals surface area contributed by atoms with E-state index in [-0.39, 0.29) is 5.56 Å². The number of rotatable bonds is 4. The van der Waals surface area contributed by atoms with Crippen LogP contribution >= 0.6 is 15.9 Å². The van der Waals surface area contributed by atoms with E-state index < -0.39 is 0 Å². The second-order valence-corrected chi connectivity index (χ2v) is 6.71. The second-order valence-electron chi connectivity index (χ2n) is 5.79. The number of hydrogen-bond acceptors (Lipinski definition) is 3. The Morgan fingerprint density at radius 2 is 1.84 bits per heavy atom. The first-order chi connectivity index (χ1) is 12.2. The Hall–Kier alpha value is -2.73. The first-order valence-electron chi connectivity index (χ1n) is 7.90. The Labute approximate surface area is 152 Å². The van der Waals surface area contributed by atoms with Crippen LogP contribution in [0, 0.1) is 0 Å². The van der Waals surface area contributed by atoms with Crippen LogP contribution < -0.4 is 5.56 Å². The summed E-state index contributed by atoms with van der Waals surface area (Å²) in [6.45, 7) is 1.11. The summed E-state index contributed by atoms with van der Waals surface area (Å²) in [4.78, 5) is 16.5. The summed E-state index contributed by atoms with van der Waals surface area (Å²) in [5.74, 6) is 0. The van der Waals surface area contributed by atoms with Gasteiger partial charge < -0.3 is 4.57 Å². The van der Waals surface area contributed by atoms with Crippen molar-refractivity contribution in [3.05, 3.63) is 93.2 Å². The molecule has 4 rings (SSSR count). The van der Waals surface area contributed by atoms with Crippen LogP contribution in [0.3, 0.4) is 0 Å². The average Bonchev–Trinajstić information content (AvgIpc) is 3.03. The molecule has 0 fully saturated rings. The van der Waals surface area contributed by atoms with Crippen molar-refractivity contribution in [2.75, 3.05) is 0 Å². The van der Waals surface area contributed by atoms with Crippen LogP contribution in [0.4, 0.5) is 0 Å². The summed E-state index contributed by atoms with van der Waals surface area (Å²) in [7, 11) is 0. The fraction of sp³-hybridized carbons (Fsp3) is 0.105. The number of fused-ring (bicyclic) bond motifs is 1. The maximum Gasteiger partial charge on any atom is 0.250 e. The van der Waals surface area contributed by atoms with Gasteiger partial charge in [0.2, 0.25) is 0 Å². The van der Waals surface area contributed by atoms with Crippen molar-refractivity contribution >= 4 is 26.8 Å². The van der Waals surface area contributed by atoms with Crippen LogP contribution in [0.5, 0.6) is 0 Å². The standard InChI is InChI=1S/C19H15BrN4O/c20-15-6-7-19(25)23(12-15)13-17-16-10-22-24(18(16)8-9-21-17)11-14-4-2-1-3-5-14/h1-10,12H,11,13H2. The lowest BCUT2D eigenvalue weighted by atomic mass is 10.2. The van der Waals surface area contributed by atoms with Crippen LogP contribution in [0.2, 0.25) is 0 Å². The van der Waals surface area contributed by atoms with Gasteiger partial charge in [-0.15, -0.1) is 0 Å². The molecule has 0 unspecified atom stereocenters. The van der Waals surface area contributed by atoms with Crippen molar-refractivity contribution in [3.63, 3.8) is 0 Å². The summed E-state index contributed by atoms with van der Waals surface area (Å²) >= 11 is 3.40. The van der Waals surface area contributed by atoms with Crippen LogP contribution in [0.25, 0.3) is 10.9 Å². The zero-order valence-corrected chi connectivity index (χ0v) is 14.9. The summed E-state index contributed by atoms with van der Waals surface area (Å²) < 4.78 is 4.46. The first-order valence-corrected chi connectivity index (χ1v) is 8.69. The van der Waals surface area contributed by atoms with Gasteiger partial charge >= 0.3 is 0 Å². The van der Waals surface area contributed by atoms with Crippen molar-refractivity contribution in [3.8, 4) is 0 Å². The Balaban J connectivity index is 1.72. The molecule has 0 aliphatic carbocycles. The van der Waals surface area contributed by atoms with Gasteiger partial charge in [-0.3, -0.25) is 14.5 Å². The lowest BCUT2D eigenvalue weighted by molar-refractivity contribution is 0.711. The maximum atomic E-state index is 12.1. The molecule has 3 aromatic heterocycles. The molecule has 6 heteroatoms. The van der Waals surface area contributed by atoms with Crippen molar-refractivity contribution in [1.29, 1.82) is 0 Å². The molecule has 0 saturated carbocycles. The molecular formula is C19H15BrN4O. The van der Waals surface area contributed by atoms with Crippen molar-refractivity contribution < 1.29 is 0 Å². The molecule has 0 spiro atoms. The predicted molar refractivity (Wildman–Crippen MR) is 101 cm³/mol. The highest BCUT2D eigenvalue weighted by molar-refractivity contribution is 9.10. The number of pyridine rings is 2. The molecule has 0 radical (unpaired) electrons. The lowest BCUT2D eigenvalue weighted by Crippen LogP contribution is -2.19. The van der Waals surface area contributed by atoms with E-state index in [2.05, 4.69) is 38.1 Å². The molecule has 0 aliphatic heterocycles. The quantitative estimate of drug-likeness (QED) is 0.532. The zero-order chi connectivity index (χ0) is 17.2. The molecular weight excluding hydrogens is 380 g/mol. The fourth-order valence-corrected chi connectivity index (χ4v) is 3.24. The van der Waals surface area contributed by atoms with Crippen LogP contribution in [0.1, 0.15) is 11.3 Å². The van der Waals surface area contributed by atoms with Gasteiger partial charge in [0.25, 0.3) is 5.56 Å². The minimum Gasteiger partial charge on any atom is -0.308 e. The van der Waals surface area contributed by atoms with E-state index in [9.17, 15) is 4.79 Å². The predicted octanol–water partition coefficient (Wildman–Crippen LogP) is 3.45. The summed E-state index contributed by atoms with van der Waals surface area (Å²) in [6.07, 6.45) is 5.37. The fourth-order valence-electron chi connectivity index (χ4n) is 2.86. The van der Waals surface area contributed by atoms with E-state index in [0.717, 1.165) is 21.1 Å². The zero-order valence-electron chi connectivity index (χ0n) is 13.3. The number of hydrogen-bond donors (Lipinski definition) is 0. The van der Waals surface area contributed by atoms with Gasteiger partial charge in [0, 0.05) is 28.3 Å². The molecule has 0 aliphatic rings. The highest BCUT2D eigenvalue weighted by atomic mass is 79.9. The smallest absolute Gasteiger partial charge is 0.250 e. The number of nitrogens with zero attached hydrogens (tertiary/aromatic N) is 4. The Kier molecular flexibility index (Phi) is 4.19. The summed E-state index contributed by atoms with van der Waals surface area (Å²) in [5.41, 5.74) is 2.97. The van der Waals surface area contributed by atoms with Crippen LogP contribution in [0.15, 0.2) is 76.4 Å². The third-order valence-corrected chi connectivity index (χ3v) is 4.57. The van der Waals surface area contributed by atoms with E-state index in [4.69, 9.17) is 0 Å². The SMILES string of the molecule is O=c1ccc(Br)cn1Cc1nccc2c1cnn2Cc1ccccc1. The van der Waals surface area contributed by atoms with Gasteiger partial charge in [-0.25, -0.2) is 0 Å². The number of aromatic nitrogens is 4. The molecule has 3 heterocycles. The Morgan fingerprint density at radius 3 is 2.68 bits per heavy atom.